The summed E-state index contributed by atoms with van der Waals surface area (Å²) >= 11 is 0. The fourth-order valence-corrected chi connectivity index (χ4v) is 3.34. The molecule has 0 atom stereocenters. The quantitative estimate of drug-likeness (QED) is 0.877. The van der Waals surface area contributed by atoms with E-state index in [-0.39, 0.29) is 29.4 Å². The molecule has 0 aromatic heterocycles. The summed E-state index contributed by atoms with van der Waals surface area (Å²) in [5.41, 5.74) is 1.01. The summed E-state index contributed by atoms with van der Waals surface area (Å²) in [5, 5.41) is 5.91. The van der Waals surface area contributed by atoms with Crippen molar-refractivity contribution in [2.24, 2.45) is 0 Å². The summed E-state index contributed by atoms with van der Waals surface area (Å²) < 4.78 is 17.8. The maximum atomic E-state index is 13.1. The maximum absolute atomic E-state index is 13.1. The van der Waals surface area contributed by atoms with Gasteiger partial charge in [0.25, 0.3) is 0 Å². The third-order valence-corrected chi connectivity index (χ3v) is 5.16. The molecule has 2 aliphatic rings. The number of likely N-dealkylation sites (tertiary alicyclic amines) is 1. The molecule has 1 heterocycles. The number of rotatable bonds is 4. The molecule has 6 nitrogen and oxygen atoms in total. The lowest BCUT2D eigenvalue weighted by molar-refractivity contribution is 0.110. The summed E-state index contributed by atoms with van der Waals surface area (Å²) in [6.07, 6.45) is 3.10. The van der Waals surface area contributed by atoms with Gasteiger partial charge in [-0.25, -0.2) is 14.0 Å². The molecule has 1 saturated heterocycles. The minimum atomic E-state index is -0.321. The molecular weight excluding hydrogens is 325 g/mol. The van der Waals surface area contributed by atoms with Gasteiger partial charge in [-0.2, -0.15) is 0 Å². The number of halogens is 1. The van der Waals surface area contributed by atoms with Gasteiger partial charge in [0, 0.05) is 31.1 Å². The van der Waals surface area contributed by atoms with Crippen LogP contribution in [-0.2, 0) is 10.2 Å². The van der Waals surface area contributed by atoms with E-state index in [2.05, 4.69) is 10.6 Å². The minimum Gasteiger partial charge on any atom is -0.453 e. The van der Waals surface area contributed by atoms with Crippen LogP contribution in [0.25, 0.3) is 0 Å². The van der Waals surface area contributed by atoms with Gasteiger partial charge in [0.05, 0.1) is 7.11 Å². The van der Waals surface area contributed by atoms with Crippen LogP contribution in [0.5, 0.6) is 0 Å². The van der Waals surface area contributed by atoms with E-state index in [1.54, 1.807) is 17.0 Å². The van der Waals surface area contributed by atoms with Gasteiger partial charge >= 0.3 is 12.1 Å². The zero-order valence-electron chi connectivity index (χ0n) is 14.4. The Morgan fingerprint density at radius 2 is 1.88 bits per heavy atom. The highest BCUT2D eigenvalue weighted by atomic mass is 19.1. The number of hydrogen-bond acceptors (Lipinski definition) is 3. The summed E-state index contributed by atoms with van der Waals surface area (Å²) in [7, 11) is 1.37. The smallest absolute Gasteiger partial charge is 0.409 e. The molecule has 0 radical (unpaired) electrons. The van der Waals surface area contributed by atoms with Crippen molar-refractivity contribution in [3.8, 4) is 0 Å². The van der Waals surface area contributed by atoms with E-state index in [1.807, 2.05) is 0 Å². The molecule has 25 heavy (non-hydrogen) atoms. The number of benzene rings is 1. The Hall–Kier alpha value is -2.31. The lowest BCUT2D eigenvalue weighted by atomic mass is 9.96. The van der Waals surface area contributed by atoms with Crippen molar-refractivity contribution in [2.45, 2.75) is 37.1 Å². The Bertz CT molecular complexity index is 623. The zero-order valence-corrected chi connectivity index (χ0v) is 14.4. The largest absolute Gasteiger partial charge is 0.453 e. The standard InChI is InChI=1S/C18H24FN3O3/c1-25-17(24)22-10-6-15(7-11-22)21-16(23)20-12-18(8-9-18)13-2-4-14(19)5-3-13/h2-5,15H,6-12H2,1H3,(H2,20,21,23). The predicted molar refractivity (Wildman–Crippen MR) is 90.8 cm³/mol. The van der Waals surface area contributed by atoms with Gasteiger partial charge in [0.1, 0.15) is 5.82 Å². The first-order chi connectivity index (χ1) is 12.0. The third kappa shape index (κ3) is 4.21. The molecule has 3 amide bonds. The lowest BCUT2D eigenvalue weighted by Gasteiger charge is -2.31. The van der Waals surface area contributed by atoms with Crippen molar-refractivity contribution in [3.63, 3.8) is 0 Å². The fourth-order valence-electron chi connectivity index (χ4n) is 3.34. The molecule has 2 fully saturated rings. The second-order valence-electron chi connectivity index (χ2n) is 6.85. The van der Waals surface area contributed by atoms with Crippen LogP contribution in [0.3, 0.4) is 0 Å². The summed E-state index contributed by atoms with van der Waals surface area (Å²) in [6.45, 7) is 1.71. The van der Waals surface area contributed by atoms with Gasteiger partial charge in [0.2, 0.25) is 0 Å². The first-order valence-electron chi connectivity index (χ1n) is 8.66. The van der Waals surface area contributed by atoms with Crippen molar-refractivity contribution < 1.29 is 18.7 Å². The Morgan fingerprint density at radius 1 is 1.24 bits per heavy atom. The van der Waals surface area contributed by atoms with Crippen LogP contribution in [-0.4, -0.2) is 49.8 Å². The van der Waals surface area contributed by atoms with Crippen LogP contribution in [0.2, 0.25) is 0 Å². The predicted octanol–water partition coefficient (Wildman–Crippen LogP) is 2.39. The van der Waals surface area contributed by atoms with E-state index in [0.29, 0.717) is 32.5 Å². The number of piperidine rings is 1. The SMILES string of the molecule is COC(=O)N1CCC(NC(=O)NCC2(c3ccc(F)cc3)CC2)CC1. The van der Waals surface area contributed by atoms with Crippen LogP contribution < -0.4 is 10.6 Å². The molecule has 136 valence electrons. The topological polar surface area (TPSA) is 70.7 Å². The molecule has 0 spiro atoms. The molecule has 1 aliphatic heterocycles. The Balaban J connectivity index is 1.43. The highest BCUT2D eigenvalue weighted by Gasteiger charge is 2.44. The average Bonchev–Trinajstić information content (AvgIpc) is 3.42. The molecule has 1 aromatic carbocycles. The molecule has 2 N–H and O–H groups in total. The van der Waals surface area contributed by atoms with Crippen molar-refractivity contribution in [1.82, 2.24) is 15.5 Å². The Labute approximate surface area is 146 Å². The lowest BCUT2D eigenvalue weighted by Crippen LogP contribution is -2.50. The highest BCUT2D eigenvalue weighted by molar-refractivity contribution is 5.74. The molecule has 7 heteroatoms. The zero-order chi connectivity index (χ0) is 17.9. The average molecular weight is 349 g/mol. The van der Waals surface area contributed by atoms with Crippen molar-refractivity contribution in [1.29, 1.82) is 0 Å². The summed E-state index contributed by atoms with van der Waals surface area (Å²) in [6, 6.07) is 6.39. The maximum Gasteiger partial charge on any atom is 0.409 e. The Morgan fingerprint density at radius 3 is 2.44 bits per heavy atom. The molecule has 1 aromatic rings. The van der Waals surface area contributed by atoms with E-state index in [0.717, 1.165) is 18.4 Å². The summed E-state index contributed by atoms with van der Waals surface area (Å²) in [5.74, 6) is -0.247. The van der Waals surface area contributed by atoms with Crippen molar-refractivity contribution in [2.75, 3.05) is 26.7 Å². The molecular formula is C18H24FN3O3. The first kappa shape index (κ1) is 17.5. The van der Waals surface area contributed by atoms with E-state index >= 15 is 0 Å². The molecule has 1 aliphatic carbocycles. The number of amides is 3. The number of hydrogen-bond donors (Lipinski definition) is 2. The monoisotopic (exact) mass is 349 g/mol. The van der Waals surface area contributed by atoms with Gasteiger partial charge in [-0.05, 0) is 43.4 Å². The summed E-state index contributed by atoms with van der Waals surface area (Å²) in [4.78, 5) is 25.2. The second kappa shape index (κ2) is 7.29. The van der Waals surface area contributed by atoms with Gasteiger partial charge in [-0.3, -0.25) is 0 Å². The number of nitrogens with one attached hydrogen (secondary N) is 2. The minimum absolute atomic E-state index is 0.0563. The second-order valence-corrected chi connectivity index (χ2v) is 6.85. The number of ether oxygens (including phenoxy) is 1. The van der Waals surface area contributed by atoms with E-state index in [9.17, 15) is 14.0 Å². The first-order valence-corrected chi connectivity index (χ1v) is 8.66. The van der Waals surface area contributed by atoms with E-state index in [4.69, 9.17) is 4.74 Å². The molecule has 3 rings (SSSR count). The van der Waals surface area contributed by atoms with Crippen LogP contribution in [0.1, 0.15) is 31.2 Å². The number of carbonyl (C=O) groups is 2. The molecule has 0 unspecified atom stereocenters. The van der Waals surface area contributed by atoms with Crippen molar-refractivity contribution in [3.05, 3.63) is 35.6 Å². The third-order valence-electron chi connectivity index (χ3n) is 5.16. The van der Waals surface area contributed by atoms with Crippen LogP contribution in [0, 0.1) is 5.82 Å². The van der Waals surface area contributed by atoms with Crippen LogP contribution >= 0.6 is 0 Å². The molecule has 0 bridgehead atoms. The molecule has 1 saturated carbocycles. The fraction of sp³-hybridized carbons (Fsp3) is 0.556. The van der Waals surface area contributed by atoms with Gasteiger partial charge in [-0.15, -0.1) is 0 Å². The van der Waals surface area contributed by atoms with Gasteiger partial charge < -0.3 is 20.3 Å². The van der Waals surface area contributed by atoms with Crippen LogP contribution in [0.4, 0.5) is 14.0 Å². The van der Waals surface area contributed by atoms with Gasteiger partial charge in [0.15, 0.2) is 0 Å². The normalized spacial score (nSPS) is 19.2. The van der Waals surface area contributed by atoms with E-state index < -0.39 is 0 Å². The number of carbonyl (C=O) groups excluding carboxylic acids is 2. The van der Waals surface area contributed by atoms with Crippen molar-refractivity contribution >= 4 is 12.1 Å². The Kier molecular flexibility index (Phi) is 5.11. The van der Waals surface area contributed by atoms with E-state index in [1.165, 1.54) is 19.2 Å². The number of nitrogens with zero attached hydrogens (tertiary/aromatic N) is 1. The number of methoxy groups -OCH3 is 1. The van der Waals surface area contributed by atoms with Crippen LogP contribution in [0.15, 0.2) is 24.3 Å². The number of urea groups is 1. The van der Waals surface area contributed by atoms with Gasteiger partial charge in [-0.1, -0.05) is 12.1 Å². The highest BCUT2D eigenvalue weighted by Crippen LogP contribution is 2.47.